The number of anilines is 2. The van der Waals surface area contributed by atoms with Gasteiger partial charge in [-0.25, -0.2) is 0 Å². The van der Waals surface area contributed by atoms with Gasteiger partial charge in [-0.3, -0.25) is 0 Å². The first-order chi connectivity index (χ1) is 28.7. The molecule has 0 aromatic heterocycles. The van der Waals surface area contributed by atoms with Crippen LogP contribution in [0.4, 0.5) is 24.5 Å². The van der Waals surface area contributed by atoms with Crippen LogP contribution >= 0.6 is 0 Å². The molecule has 0 bridgehead atoms. The van der Waals surface area contributed by atoms with E-state index in [0.717, 1.165) is 61.3 Å². The van der Waals surface area contributed by atoms with E-state index in [-0.39, 0.29) is 17.8 Å². The Labute approximate surface area is 343 Å². The van der Waals surface area contributed by atoms with Crippen molar-refractivity contribution in [3.63, 3.8) is 0 Å². The molecule has 0 amide bonds. The number of halogens is 3. The van der Waals surface area contributed by atoms with Crippen LogP contribution in [0.3, 0.4) is 0 Å². The third kappa shape index (κ3) is 7.54. The Balaban J connectivity index is 1.36. The van der Waals surface area contributed by atoms with Gasteiger partial charge in [0.2, 0.25) is 0 Å². The Hall–Kier alpha value is -6.79. The lowest BCUT2D eigenvalue weighted by Crippen LogP contribution is -2.25. The maximum atomic E-state index is 14.5. The van der Waals surface area contributed by atoms with Gasteiger partial charge in [0, 0.05) is 23.2 Å². The molecule has 8 aromatic carbocycles. The quantitative estimate of drug-likeness (QED) is 0.128. The Bertz CT molecular complexity index is 2510. The zero-order valence-corrected chi connectivity index (χ0v) is 32.7. The zero-order valence-electron chi connectivity index (χ0n) is 32.7. The Morgan fingerprint density at radius 2 is 0.831 bits per heavy atom. The van der Waals surface area contributed by atoms with E-state index < -0.39 is 18.2 Å². The molecule has 9 rings (SSSR count). The van der Waals surface area contributed by atoms with Gasteiger partial charge < -0.3 is 15.4 Å². The molecule has 0 radical (unpaired) electrons. The third-order valence-electron chi connectivity index (χ3n) is 11.6. The normalized spacial score (nSPS) is 14.8. The van der Waals surface area contributed by atoms with Gasteiger partial charge in [0.15, 0.2) is 0 Å². The van der Waals surface area contributed by atoms with Gasteiger partial charge in [-0.1, -0.05) is 176 Å². The van der Waals surface area contributed by atoms with Crippen molar-refractivity contribution in [2.45, 2.75) is 44.1 Å². The van der Waals surface area contributed by atoms with Crippen LogP contribution in [-0.2, 0) is 0 Å². The number of hydrogen-bond acceptors (Lipinski definition) is 3. The van der Waals surface area contributed by atoms with Gasteiger partial charge in [0.25, 0.3) is 0 Å². The largest absolute Gasteiger partial charge is 0.573 e. The molecule has 8 aromatic rings. The highest BCUT2D eigenvalue weighted by Gasteiger charge is 2.39. The highest BCUT2D eigenvalue weighted by atomic mass is 19.4. The van der Waals surface area contributed by atoms with Crippen molar-refractivity contribution in [2.24, 2.45) is 0 Å². The average Bonchev–Trinajstić information content (AvgIpc) is 3.54. The van der Waals surface area contributed by atoms with Crippen molar-refractivity contribution >= 4 is 22.1 Å². The summed E-state index contributed by atoms with van der Waals surface area (Å²) in [5.41, 5.74) is 11.4. The minimum Gasteiger partial charge on any atom is -0.406 e. The van der Waals surface area contributed by atoms with Gasteiger partial charge in [-0.15, -0.1) is 13.2 Å². The Morgan fingerprint density at radius 1 is 0.458 bits per heavy atom. The number of benzene rings is 8. The number of para-hydroxylation sites is 1. The number of alkyl halides is 3. The summed E-state index contributed by atoms with van der Waals surface area (Å²) in [5, 5.41) is 10.4. The summed E-state index contributed by atoms with van der Waals surface area (Å²) in [6.07, 6.45) is -4.92. The first-order valence-corrected chi connectivity index (χ1v) is 20.0. The summed E-state index contributed by atoms with van der Waals surface area (Å²) < 4.78 is 48.4. The fraction of sp³-hybridized carbons (Fsp3) is 0.132. The first kappa shape index (κ1) is 37.8. The van der Waals surface area contributed by atoms with Crippen molar-refractivity contribution in [3.8, 4) is 5.75 Å². The smallest absolute Gasteiger partial charge is 0.406 e. The predicted octanol–water partition coefficient (Wildman–Crippen LogP) is 14.0. The van der Waals surface area contributed by atoms with Gasteiger partial charge in [0.05, 0.1) is 12.1 Å². The number of rotatable bonds is 11. The molecule has 0 spiro atoms. The molecular weight excluding hydrogens is 738 g/mol. The van der Waals surface area contributed by atoms with Crippen molar-refractivity contribution in [1.29, 1.82) is 0 Å². The minimum absolute atomic E-state index is 0.235. The maximum Gasteiger partial charge on any atom is 0.573 e. The van der Waals surface area contributed by atoms with Crippen LogP contribution in [-0.4, -0.2) is 6.36 Å². The molecule has 0 aliphatic heterocycles. The topological polar surface area (TPSA) is 33.3 Å². The average molecular weight is 781 g/mol. The summed E-state index contributed by atoms with van der Waals surface area (Å²) in [5.74, 6) is -1.21. The molecule has 59 heavy (non-hydrogen) atoms. The van der Waals surface area contributed by atoms with Gasteiger partial charge in [-0.05, 0) is 92.4 Å². The van der Waals surface area contributed by atoms with Crippen molar-refractivity contribution in [1.82, 2.24) is 0 Å². The lowest BCUT2D eigenvalue weighted by molar-refractivity contribution is -0.274. The van der Waals surface area contributed by atoms with E-state index >= 15 is 0 Å². The second kappa shape index (κ2) is 15.9. The Kier molecular flexibility index (Phi) is 10.2. The lowest BCUT2D eigenvalue weighted by atomic mass is 9.78. The molecule has 2 unspecified atom stereocenters. The fourth-order valence-corrected chi connectivity index (χ4v) is 9.11. The molecule has 1 aliphatic rings. The fourth-order valence-electron chi connectivity index (χ4n) is 9.11. The van der Waals surface area contributed by atoms with Crippen LogP contribution in [0.25, 0.3) is 10.8 Å². The van der Waals surface area contributed by atoms with Crippen LogP contribution in [0.5, 0.6) is 5.75 Å². The van der Waals surface area contributed by atoms with E-state index in [9.17, 15) is 13.2 Å². The third-order valence-corrected chi connectivity index (χ3v) is 11.6. The lowest BCUT2D eigenvalue weighted by Gasteiger charge is -2.33. The summed E-state index contributed by atoms with van der Waals surface area (Å²) in [6.45, 7) is 4.23. The number of nitrogens with one attached hydrogen (secondary N) is 2. The van der Waals surface area contributed by atoms with Crippen LogP contribution in [0.2, 0.25) is 0 Å². The van der Waals surface area contributed by atoms with Gasteiger partial charge in [0.1, 0.15) is 5.75 Å². The van der Waals surface area contributed by atoms with Crippen LogP contribution in [0.1, 0.15) is 79.6 Å². The number of hydrogen-bond donors (Lipinski definition) is 2. The van der Waals surface area contributed by atoms with Crippen molar-refractivity contribution in [2.75, 3.05) is 10.6 Å². The Morgan fingerprint density at radius 3 is 1.22 bits per heavy atom. The first-order valence-electron chi connectivity index (χ1n) is 20.0. The highest BCUT2D eigenvalue weighted by molar-refractivity contribution is 5.93. The SMILES string of the molecule is Cc1cccc(C)c1NC1c2cccc3cccc(c23)C1Nc1c(C(c2ccccc2)c2ccccc2)cc(OC(F)(F)F)cc1C(c1ccccc1)c1ccccc1. The van der Waals surface area contributed by atoms with E-state index in [1.54, 1.807) is 12.1 Å². The molecule has 292 valence electrons. The predicted molar refractivity (Wildman–Crippen MR) is 233 cm³/mol. The molecule has 0 fully saturated rings. The van der Waals surface area contributed by atoms with Crippen LogP contribution in [0.15, 0.2) is 188 Å². The van der Waals surface area contributed by atoms with Crippen molar-refractivity contribution in [3.05, 3.63) is 244 Å². The molecule has 0 saturated carbocycles. The van der Waals surface area contributed by atoms with E-state index in [0.29, 0.717) is 11.1 Å². The minimum atomic E-state index is -4.92. The second-order valence-corrected chi connectivity index (χ2v) is 15.3. The standard InChI is InChI=1S/C53H43F3N2O/c1-34-18-15-19-35(2)49(34)57-51-42-30-16-28-40-29-17-31-43(48(40)42)52(51)58-50-44(46(36-20-7-3-8-21-36)37-22-9-4-10-23-37)32-41(59-53(54,55)56)33-45(50)47(38-24-11-5-12-25-38)39-26-13-6-14-27-39/h3-33,46-47,51-52,57-58H,1-2H3. The molecular formula is C53H43F3N2O. The van der Waals surface area contributed by atoms with E-state index in [4.69, 9.17) is 4.74 Å². The van der Waals surface area contributed by atoms with Crippen molar-refractivity contribution < 1.29 is 17.9 Å². The zero-order chi connectivity index (χ0) is 40.5. The second-order valence-electron chi connectivity index (χ2n) is 15.3. The van der Waals surface area contributed by atoms with E-state index in [2.05, 4.69) is 79.1 Å². The monoisotopic (exact) mass is 780 g/mol. The molecule has 0 saturated heterocycles. The molecule has 1 aliphatic carbocycles. The molecule has 6 heteroatoms. The number of aryl methyl sites for hydroxylation is 2. The molecule has 3 nitrogen and oxygen atoms in total. The van der Waals surface area contributed by atoms with Gasteiger partial charge in [-0.2, -0.15) is 0 Å². The summed E-state index contributed by atoms with van der Waals surface area (Å²) >= 11 is 0. The van der Waals surface area contributed by atoms with E-state index in [1.165, 1.54) is 5.39 Å². The molecule has 2 atom stereocenters. The van der Waals surface area contributed by atoms with Crippen LogP contribution in [0, 0.1) is 13.8 Å². The summed E-state index contributed by atoms with van der Waals surface area (Å²) in [6, 6.07) is 61.8. The highest BCUT2D eigenvalue weighted by Crippen LogP contribution is 2.52. The maximum absolute atomic E-state index is 14.5. The summed E-state index contributed by atoms with van der Waals surface area (Å²) in [4.78, 5) is 0. The summed E-state index contributed by atoms with van der Waals surface area (Å²) in [7, 11) is 0. The number of ether oxygens (including phenoxy) is 1. The van der Waals surface area contributed by atoms with Crippen LogP contribution < -0.4 is 15.4 Å². The van der Waals surface area contributed by atoms with E-state index in [1.807, 2.05) is 121 Å². The van der Waals surface area contributed by atoms with Gasteiger partial charge >= 0.3 is 6.36 Å². The molecule has 2 N–H and O–H groups in total. The molecule has 0 heterocycles.